The summed E-state index contributed by atoms with van der Waals surface area (Å²) in [4.78, 5) is 10.8. The minimum Gasteiger partial charge on any atom is -0.481 e. The Labute approximate surface area is 126 Å². The van der Waals surface area contributed by atoms with E-state index in [0.717, 1.165) is 5.56 Å². The van der Waals surface area contributed by atoms with E-state index < -0.39 is 12.1 Å². The Morgan fingerprint density at radius 3 is 2.81 bits per heavy atom. The Morgan fingerprint density at radius 1 is 1.24 bits per heavy atom. The molecule has 0 aliphatic carbocycles. The van der Waals surface area contributed by atoms with Gasteiger partial charge in [-0.1, -0.05) is 23.7 Å². The largest absolute Gasteiger partial charge is 0.481 e. The van der Waals surface area contributed by atoms with Crippen molar-refractivity contribution in [1.82, 2.24) is 0 Å². The summed E-state index contributed by atoms with van der Waals surface area (Å²) in [6, 6.07) is 10.3. The maximum atomic E-state index is 10.8. The molecule has 1 heterocycles. The maximum Gasteiger partial charge on any atom is 0.307 e. The predicted octanol–water partition coefficient (Wildman–Crippen LogP) is 3.35. The number of aliphatic carboxylic acids is 1. The van der Waals surface area contributed by atoms with E-state index >= 15 is 0 Å². The van der Waals surface area contributed by atoms with E-state index in [2.05, 4.69) is 0 Å². The number of halogens is 1. The van der Waals surface area contributed by atoms with Gasteiger partial charge in [-0.05, 0) is 35.4 Å². The lowest BCUT2D eigenvalue weighted by Crippen LogP contribution is -2.04. The summed E-state index contributed by atoms with van der Waals surface area (Å²) in [6.45, 7) is 0. The fraction of sp³-hybridized carbons (Fsp3) is 0.188. The average Bonchev–Trinajstić information content (AvgIpc) is 2.55. The van der Waals surface area contributed by atoms with E-state index in [0.29, 0.717) is 34.1 Å². The van der Waals surface area contributed by atoms with Crippen LogP contribution in [0.5, 0.6) is 11.5 Å². The van der Waals surface area contributed by atoms with Crippen LogP contribution >= 0.6 is 11.6 Å². The number of aliphatic hydroxyl groups excluding tert-OH is 1. The third-order valence-electron chi connectivity index (χ3n) is 3.45. The second kappa shape index (κ2) is 5.39. The molecule has 0 amide bonds. The van der Waals surface area contributed by atoms with E-state index in [1.807, 2.05) is 6.07 Å². The molecule has 0 saturated heterocycles. The van der Waals surface area contributed by atoms with Gasteiger partial charge in [-0.2, -0.15) is 0 Å². The lowest BCUT2D eigenvalue weighted by atomic mass is 9.99. The van der Waals surface area contributed by atoms with Gasteiger partial charge in [0.15, 0.2) is 0 Å². The molecule has 0 aromatic heterocycles. The number of ether oxygens (including phenoxy) is 1. The van der Waals surface area contributed by atoms with Crippen LogP contribution < -0.4 is 4.74 Å². The van der Waals surface area contributed by atoms with Crippen molar-refractivity contribution < 1.29 is 19.7 Å². The Morgan fingerprint density at radius 2 is 2.05 bits per heavy atom. The molecule has 21 heavy (non-hydrogen) atoms. The van der Waals surface area contributed by atoms with Gasteiger partial charge in [0, 0.05) is 17.0 Å². The first-order valence-electron chi connectivity index (χ1n) is 6.52. The van der Waals surface area contributed by atoms with Crippen molar-refractivity contribution in [3.05, 3.63) is 58.1 Å². The van der Waals surface area contributed by atoms with Crippen molar-refractivity contribution in [1.29, 1.82) is 0 Å². The molecule has 0 radical (unpaired) electrons. The summed E-state index contributed by atoms with van der Waals surface area (Å²) < 4.78 is 5.82. The van der Waals surface area contributed by atoms with E-state index in [1.165, 1.54) is 0 Å². The molecule has 1 aliphatic rings. The Bertz CT molecular complexity index is 711. The van der Waals surface area contributed by atoms with Crippen molar-refractivity contribution in [3.8, 4) is 11.5 Å². The molecule has 0 unspecified atom stereocenters. The Balaban J connectivity index is 2.02. The normalized spacial score (nSPS) is 16.4. The molecular weight excluding hydrogens is 292 g/mol. The van der Waals surface area contributed by atoms with Gasteiger partial charge in [-0.25, -0.2) is 0 Å². The standard InChI is InChI=1S/C16H13ClO4/c17-11-3-2-10-7-13(18)12-5-9(6-16(19)20)1-4-14(12)21-15(10)8-11/h1-5,8,13,18H,6-7H2,(H,19,20)/t13-/m0/s1. The number of fused-ring (bicyclic) bond motifs is 2. The lowest BCUT2D eigenvalue weighted by molar-refractivity contribution is -0.136. The molecule has 4 nitrogen and oxygen atoms in total. The number of hydrogen-bond acceptors (Lipinski definition) is 3. The smallest absolute Gasteiger partial charge is 0.307 e. The monoisotopic (exact) mass is 304 g/mol. The van der Waals surface area contributed by atoms with Gasteiger partial charge in [0.1, 0.15) is 11.5 Å². The fourth-order valence-electron chi connectivity index (χ4n) is 2.46. The summed E-state index contributed by atoms with van der Waals surface area (Å²) in [5, 5.41) is 19.8. The number of carboxylic acid groups (broad SMARTS) is 1. The summed E-state index contributed by atoms with van der Waals surface area (Å²) in [7, 11) is 0. The number of benzene rings is 2. The van der Waals surface area contributed by atoms with Crippen molar-refractivity contribution in [2.45, 2.75) is 18.9 Å². The van der Waals surface area contributed by atoms with Crippen LogP contribution in [-0.2, 0) is 17.6 Å². The zero-order valence-corrected chi connectivity index (χ0v) is 11.8. The number of aliphatic hydroxyl groups is 1. The van der Waals surface area contributed by atoms with Crippen LogP contribution in [0.1, 0.15) is 22.8 Å². The van der Waals surface area contributed by atoms with E-state index in [1.54, 1.807) is 30.3 Å². The first-order chi connectivity index (χ1) is 10.0. The number of carboxylic acids is 1. The summed E-state index contributed by atoms with van der Waals surface area (Å²) >= 11 is 5.97. The highest BCUT2D eigenvalue weighted by atomic mass is 35.5. The molecule has 2 N–H and O–H groups in total. The summed E-state index contributed by atoms with van der Waals surface area (Å²) in [5.74, 6) is 0.234. The van der Waals surface area contributed by atoms with Gasteiger partial charge in [0.2, 0.25) is 0 Å². The second-order valence-corrected chi connectivity index (χ2v) is 5.45. The fourth-order valence-corrected chi connectivity index (χ4v) is 2.63. The Hall–Kier alpha value is -2.04. The van der Waals surface area contributed by atoms with E-state index in [9.17, 15) is 9.90 Å². The second-order valence-electron chi connectivity index (χ2n) is 5.02. The Kier molecular flexibility index (Phi) is 3.57. The van der Waals surface area contributed by atoms with Gasteiger partial charge in [-0.3, -0.25) is 4.79 Å². The molecule has 5 heteroatoms. The predicted molar refractivity (Wildman–Crippen MR) is 78.0 cm³/mol. The lowest BCUT2D eigenvalue weighted by Gasteiger charge is -2.12. The third kappa shape index (κ3) is 2.86. The minimum absolute atomic E-state index is 0.0845. The summed E-state index contributed by atoms with van der Waals surface area (Å²) in [6.07, 6.45) is -0.425. The van der Waals surface area contributed by atoms with Gasteiger partial charge < -0.3 is 14.9 Å². The van der Waals surface area contributed by atoms with Gasteiger partial charge in [0.25, 0.3) is 0 Å². The molecule has 2 aromatic carbocycles. The van der Waals surface area contributed by atoms with Crippen LogP contribution in [-0.4, -0.2) is 16.2 Å². The van der Waals surface area contributed by atoms with Crippen LogP contribution in [0.3, 0.4) is 0 Å². The van der Waals surface area contributed by atoms with Crippen molar-refractivity contribution >= 4 is 17.6 Å². The zero-order valence-electron chi connectivity index (χ0n) is 11.0. The first kappa shape index (κ1) is 13.9. The molecule has 0 saturated carbocycles. The minimum atomic E-state index is -0.908. The van der Waals surface area contributed by atoms with E-state index in [4.69, 9.17) is 21.4 Å². The van der Waals surface area contributed by atoms with Crippen molar-refractivity contribution in [2.24, 2.45) is 0 Å². The molecular formula is C16H13ClO4. The van der Waals surface area contributed by atoms with Gasteiger partial charge in [0.05, 0.1) is 12.5 Å². The SMILES string of the molecule is O=C(O)Cc1ccc2c(c1)[C@@H](O)Cc1ccc(Cl)cc1O2. The topological polar surface area (TPSA) is 66.8 Å². The summed E-state index contributed by atoms with van der Waals surface area (Å²) in [5.41, 5.74) is 2.09. The first-order valence-corrected chi connectivity index (χ1v) is 6.89. The molecule has 108 valence electrons. The van der Waals surface area contributed by atoms with Gasteiger partial charge >= 0.3 is 5.97 Å². The molecule has 2 aromatic rings. The van der Waals surface area contributed by atoms with Crippen LogP contribution in [0.25, 0.3) is 0 Å². The highest BCUT2D eigenvalue weighted by molar-refractivity contribution is 6.30. The molecule has 0 bridgehead atoms. The number of hydrogen-bond donors (Lipinski definition) is 2. The van der Waals surface area contributed by atoms with Crippen LogP contribution in [0.15, 0.2) is 36.4 Å². The quantitative estimate of drug-likeness (QED) is 0.893. The zero-order chi connectivity index (χ0) is 15.0. The van der Waals surface area contributed by atoms with Crippen LogP contribution in [0.2, 0.25) is 5.02 Å². The highest BCUT2D eigenvalue weighted by Crippen LogP contribution is 2.39. The third-order valence-corrected chi connectivity index (χ3v) is 3.69. The highest BCUT2D eigenvalue weighted by Gasteiger charge is 2.22. The van der Waals surface area contributed by atoms with Crippen molar-refractivity contribution in [3.63, 3.8) is 0 Å². The average molecular weight is 305 g/mol. The molecule has 3 rings (SSSR count). The maximum absolute atomic E-state index is 10.8. The molecule has 0 fully saturated rings. The van der Waals surface area contributed by atoms with Crippen LogP contribution in [0.4, 0.5) is 0 Å². The molecule has 0 spiro atoms. The van der Waals surface area contributed by atoms with Crippen molar-refractivity contribution in [2.75, 3.05) is 0 Å². The van der Waals surface area contributed by atoms with E-state index in [-0.39, 0.29) is 6.42 Å². The van der Waals surface area contributed by atoms with Gasteiger partial charge in [-0.15, -0.1) is 0 Å². The number of carbonyl (C=O) groups is 1. The molecule has 1 aliphatic heterocycles. The number of rotatable bonds is 2. The van der Waals surface area contributed by atoms with Crippen LogP contribution in [0, 0.1) is 0 Å². The molecule has 1 atom stereocenters.